The van der Waals surface area contributed by atoms with E-state index in [0.29, 0.717) is 27.7 Å². The topological polar surface area (TPSA) is 61.0 Å². The number of nitrogens with zero attached hydrogens (tertiary/aromatic N) is 2. The molecule has 1 N–H and O–H groups in total. The Kier molecular flexibility index (Phi) is 3.69. The molecule has 35 heavy (non-hydrogen) atoms. The van der Waals surface area contributed by atoms with Crippen LogP contribution in [-0.4, -0.2) is 5.11 Å². The number of aromatic nitrogens is 1. The van der Waals surface area contributed by atoms with Crippen molar-refractivity contribution in [1.29, 1.82) is 5.26 Å². The maximum Gasteiger partial charge on any atom is 0.216 e. The first-order chi connectivity index (χ1) is 18.3. The van der Waals surface area contributed by atoms with Crippen molar-refractivity contribution in [3.8, 4) is 34.2 Å². The second-order valence-corrected chi connectivity index (χ2v) is 9.70. The van der Waals surface area contributed by atoms with E-state index in [-0.39, 0.29) is 22.4 Å². The number of hydrogen-bond acceptors (Lipinski definition) is 3. The van der Waals surface area contributed by atoms with E-state index < -0.39 is 18.2 Å². The molecule has 0 fully saturated rings. The van der Waals surface area contributed by atoms with Crippen LogP contribution in [0.15, 0.2) is 65.2 Å². The van der Waals surface area contributed by atoms with Gasteiger partial charge in [0.05, 0.1) is 5.56 Å². The van der Waals surface area contributed by atoms with Crippen LogP contribution in [0.3, 0.4) is 0 Å². The van der Waals surface area contributed by atoms with Gasteiger partial charge in [-0.15, -0.1) is 0 Å². The number of fused-ring (bicyclic) bond motifs is 4. The third-order valence-electron chi connectivity index (χ3n) is 6.74. The fourth-order valence-corrected chi connectivity index (χ4v) is 5.16. The van der Waals surface area contributed by atoms with Crippen molar-refractivity contribution in [2.45, 2.75) is 33.5 Å². The molecule has 0 amide bonds. The Balaban J connectivity index is 1.71. The zero-order valence-corrected chi connectivity index (χ0v) is 20.0. The van der Waals surface area contributed by atoms with Gasteiger partial charge in [0, 0.05) is 34.0 Å². The van der Waals surface area contributed by atoms with Crippen LogP contribution in [0.5, 0.6) is 5.75 Å². The van der Waals surface area contributed by atoms with Crippen molar-refractivity contribution in [2.75, 3.05) is 0 Å². The van der Waals surface area contributed by atoms with Gasteiger partial charge in [-0.1, -0.05) is 44.2 Å². The number of nitriles is 1. The third kappa shape index (κ3) is 3.23. The molecule has 4 heteroatoms. The van der Waals surface area contributed by atoms with Crippen LogP contribution < -0.4 is 4.57 Å². The van der Waals surface area contributed by atoms with E-state index in [0.717, 1.165) is 22.2 Å². The largest absolute Gasteiger partial charge is 0.507 e. The molecule has 0 radical (unpaired) electrons. The quantitative estimate of drug-likeness (QED) is 0.294. The first kappa shape index (κ1) is 17.4. The summed E-state index contributed by atoms with van der Waals surface area (Å²) in [4.78, 5) is 0. The van der Waals surface area contributed by atoms with E-state index in [2.05, 4.69) is 6.07 Å². The molecule has 1 aliphatic carbocycles. The highest BCUT2D eigenvalue weighted by Crippen LogP contribution is 2.46. The third-order valence-corrected chi connectivity index (χ3v) is 6.74. The van der Waals surface area contributed by atoms with E-state index in [4.69, 9.17) is 9.90 Å². The van der Waals surface area contributed by atoms with Crippen LogP contribution in [0.2, 0.25) is 0 Å². The van der Waals surface area contributed by atoms with Gasteiger partial charge in [0.2, 0.25) is 5.69 Å². The van der Waals surface area contributed by atoms with Gasteiger partial charge >= 0.3 is 0 Å². The first-order valence-electron chi connectivity index (χ1n) is 13.5. The summed E-state index contributed by atoms with van der Waals surface area (Å²) in [5.74, 6) is -0.200. The summed E-state index contributed by atoms with van der Waals surface area (Å²) < 4.78 is 43.6. The number of aromatic hydroxyl groups is 1. The predicted octanol–water partition coefficient (Wildman–Crippen LogP) is 6.76. The second-order valence-electron chi connectivity index (χ2n) is 9.70. The molecule has 4 nitrogen and oxygen atoms in total. The van der Waals surface area contributed by atoms with Crippen LogP contribution in [-0.2, 0) is 19.8 Å². The molecular weight excluding hydrogens is 432 g/mol. The number of aryl methyl sites for hydroxylation is 2. The van der Waals surface area contributed by atoms with Crippen molar-refractivity contribution in [3.05, 3.63) is 83.0 Å². The minimum absolute atomic E-state index is 0.0193. The number of hydrogen-bond donors (Lipinski definition) is 1. The molecule has 6 rings (SSSR count). The Morgan fingerprint density at radius 2 is 1.77 bits per heavy atom. The lowest BCUT2D eigenvalue weighted by Crippen LogP contribution is -2.30. The molecule has 0 saturated heterocycles. The Labute approximate surface area is 210 Å². The van der Waals surface area contributed by atoms with Crippen molar-refractivity contribution in [2.24, 2.45) is 12.5 Å². The number of phenolic OH excluding ortho intramolecular Hbond substituents is 1. The van der Waals surface area contributed by atoms with E-state index in [1.807, 2.05) is 55.1 Å². The Morgan fingerprint density at radius 3 is 2.54 bits per heavy atom. The molecule has 0 saturated carbocycles. The summed E-state index contributed by atoms with van der Waals surface area (Å²) >= 11 is 0. The van der Waals surface area contributed by atoms with Crippen LogP contribution in [0.25, 0.3) is 44.3 Å². The number of furan rings is 1. The molecule has 1 aliphatic rings. The summed E-state index contributed by atoms with van der Waals surface area (Å²) in [6, 6.07) is 18.4. The summed E-state index contributed by atoms with van der Waals surface area (Å²) in [5.41, 5.74) is 3.94. The molecule has 5 aromatic rings. The average Bonchev–Trinajstić information content (AvgIpc) is 3.29. The van der Waals surface area contributed by atoms with Crippen molar-refractivity contribution < 1.29 is 19.6 Å². The molecule has 2 heterocycles. The van der Waals surface area contributed by atoms with Crippen LogP contribution in [0, 0.1) is 23.7 Å². The molecular formula is C31H27N2O2+. The van der Waals surface area contributed by atoms with Crippen LogP contribution in [0.4, 0.5) is 0 Å². The average molecular weight is 464 g/mol. The maximum absolute atomic E-state index is 11.0. The van der Waals surface area contributed by atoms with E-state index in [1.165, 1.54) is 0 Å². The number of benzene rings is 3. The SMILES string of the molecule is [2H]C1([2H])c2ccc(-c3c(C#N)c(O)cc4c3oc3c(-c5cccc[n+]5C)c(C)ccc34)cc2C([2H])([2H])C1(C)C. The molecule has 172 valence electrons. The van der Waals surface area contributed by atoms with Crippen LogP contribution in [0.1, 0.15) is 41.6 Å². The molecule has 2 aromatic heterocycles. The van der Waals surface area contributed by atoms with Gasteiger partial charge in [-0.2, -0.15) is 5.26 Å². The summed E-state index contributed by atoms with van der Waals surface area (Å²) in [6.07, 6.45) is -1.90. The molecule has 0 unspecified atom stereocenters. The zero-order valence-electron chi connectivity index (χ0n) is 24.0. The maximum atomic E-state index is 11.0. The lowest BCUT2D eigenvalue weighted by atomic mass is 9.90. The highest BCUT2D eigenvalue weighted by Gasteiger charge is 2.30. The van der Waals surface area contributed by atoms with E-state index >= 15 is 0 Å². The molecule has 0 aliphatic heterocycles. The van der Waals surface area contributed by atoms with E-state index in [9.17, 15) is 10.4 Å². The minimum Gasteiger partial charge on any atom is -0.507 e. The lowest BCUT2D eigenvalue weighted by Gasteiger charge is -2.14. The fraction of sp³-hybridized carbons (Fsp3) is 0.226. The standard InChI is InChI=1S/C31H26N2O2/c1-18-8-11-22-23-14-26(34)24(17-32)28(19-9-10-20-15-31(2,3)16-21(20)13-19)30(23)35-29(22)27(18)25-7-5-6-12-33(25)4/h5-14H,15-16H2,1-4H3/p+1/i15D2,16D2. The van der Waals surface area contributed by atoms with Crippen molar-refractivity contribution >= 4 is 21.9 Å². The Bertz CT molecular complexity index is 1900. The number of phenols is 1. The summed E-state index contributed by atoms with van der Waals surface area (Å²) in [6.45, 7) is 5.19. The summed E-state index contributed by atoms with van der Waals surface area (Å²) in [5, 5.41) is 22.5. The number of rotatable bonds is 2. The fourth-order valence-electron chi connectivity index (χ4n) is 5.16. The number of pyridine rings is 1. The van der Waals surface area contributed by atoms with Gasteiger partial charge in [0.25, 0.3) is 0 Å². The molecule has 0 bridgehead atoms. The monoisotopic (exact) mass is 463 g/mol. The predicted molar refractivity (Wildman–Crippen MR) is 138 cm³/mol. The highest BCUT2D eigenvalue weighted by molar-refractivity contribution is 6.14. The lowest BCUT2D eigenvalue weighted by molar-refractivity contribution is -0.660. The summed E-state index contributed by atoms with van der Waals surface area (Å²) in [7, 11) is 1.96. The first-order valence-corrected chi connectivity index (χ1v) is 11.5. The highest BCUT2D eigenvalue weighted by atomic mass is 16.3. The second kappa shape index (κ2) is 7.45. The molecule has 0 atom stereocenters. The van der Waals surface area contributed by atoms with Crippen LogP contribution >= 0.6 is 0 Å². The van der Waals surface area contributed by atoms with Gasteiger partial charge in [-0.3, -0.25) is 0 Å². The van der Waals surface area contributed by atoms with Crippen molar-refractivity contribution in [3.63, 3.8) is 0 Å². The smallest absolute Gasteiger partial charge is 0.216 e. The minimum atomic E-state index is -1.97. The van der Waals surface area contributed by atoms with Gasteiger partial charge in [-0.05, 0) is 59.5 Å². The normalized spacial score (nSPS) is 18.9. The Morgan fingerprint density at radius 1 is 1.00 bits per heavy atom. The van der Waals surface area contributed by atoms with Gasteiger partial charge in [0.15, 0.2) is 6.20 Å². The Hall–Kier alpha value is -4.10. The van der Waals surface area contributed by atoms with Crippen molar-refractivity contribution in [1.82, 2.24) is 0 Å². The molecule has 3 aromatic carbocycles. The van der Waals surface area contributed by atoms with E-state index in [1.54, 1.807) is 38.1 Å². The molecule has 0 spiro atoms. The van der Waals surface area contributed by atoms with Gasteiger partial charge in [-0.25, -0.2) is 4.57 Å². The van der Waals surface area contributed by atoms with Gasteiger partial charge in [0.1, 0.15) is 35.6 Å². The zero-order chi connectivity index (χ0) is 28.1. The van der Waals surface area contributed by atoms with Gasteiger partial charge < -0.3 is 9.52 Å².